The van der Waals surface area contributed by atoms with E-state index in [1.54, 1.807) is 5.57 Å². The Labute approximate surface area is 117 Å². The van der Waals surface area contributed by atoms with Crippen LogP contribution in [0.1, 0.15) is 40.0 Å². The summed E-state index contributed by atoms with van der Waals surface area (Å²) < 4.78 is 0. The molecule has 100 valence electrons. The van der Waals surface area contributed by atoms with Gasteiger partial charge in [0.2, 0.25) is 0 Å². The zero-order valence-electron chi connectivity index (χ0n) is 12.4. The quantitative estimate of drug-likeness (QED) is 0.633. The van der Waals surface area contributed by atoms with Crippen LogP contribution >= 0.6 is 0 Å². The van der Waals surface area contributed by atoms with Crippen LogP contribution in [-0.2, 0) is 0 Å². The average Bonchev–Trinajstić information content (AvgIpc) is 2.51. The minimum absolute atomic E-state index is 0.201. The van der Waals surface area contributed by atoms with E-state index in [0.717, 1.165) is 12.3 Å². The summed E-state index contributed by atoms with van der Waals surface area (Å²) in [6, 6.07) is 0. The molecule has 0 N–H and O–H groups in total. The third-order valence-electron chi connectivity index (χ3n) is 6.16. The lowest BCUT2D eigenvalue weighted by molar-refractivity contribution is 0.00370. The third kappa shape index (κ3) is 1.25. The van der Waals surface area contributed by atoms with E-state index in [9.17, 15) is 0 Å². The zero-order valence-corrected chi connectivity index (χ0v) is 12.4. The first-order valence-electron chi connectivity index (χ1n) is 7.44. The predicted molar refractivity (Wildman–Crippen MR) is 82.8 cm³/mol. The maximum atomic E-state index is 4.40. The molecule has 0 spiro atoms. The Bertz CT molecular complexity index is 555. The second-order valence-corrected chi connectivity index (χ2v) is 6.63. The van der Waals surface area contributed by atoms with Gasteiger partial charge in [-0.15, -0.1) is 0 Å². The first-order chi connectivity index (χ1) is 9.01. The van der Waals surface area contributed by atoms with Gasteiger partial charge in [0.05, 0.1) is 0 Å². The number of hydrogen-bond donors (Lipinski definition) is 0. The van der Waals surface area contributed by atoms with Gasteiger partial charge in [-0.25, -0.2) is 0 Å². The van der Waals surface area contributed by atoms with Crippen LogP contribution < -0.4 is 0 Å². The highest BCUT2D eigenvalue weighted by molar-refractivity contribution is 5.63. The van der Waals surface area contributed by atoms with Gasteiger partial charge in [-0.05, 0) is 40.9 Å². The van der Waals surface area contributed by atoms with E-state index >= 15 is 0 Å². The van der Waals surface area contributed by atoms with Crippen molar-refractivity contribution in [2.24, 2.45) is 16.7 Å². The average molecular weight is 252 g/mol. The summed E-state index contributed by atoms with van der Waals surface area (Å²) in [7, 11) is 0. The van der Waals surface area contributed by atoms with Gasteiger partial charge in [0.1, 0.15) is 0 Å². The second-order valence-electron chi connectivity index (χ2n) is 6.63. The van der Waals surface area contributed by atoms with Crippen molar-refractivity contribution in [2.75, 3.05) is 0 Å². The molecular weight excluding hydrogens is 228 g/mol. The Morgan fingerprint density at radius 1 is 1.42 bits per heavy atom. The van der Waals surface area contributed by atoms with E-state index in [1.807, 2.05) is 6.08 Å². The largest absolute Gasteiger partial charge is 0.0985 e. The van der Waals surface area contributed by atoms with E-state index in [0.29, 0.717) is 5.41 Å². The molecule has 19 heavy (non-hydrogen) atoms. The normalized spacial score (nSPS) is 37.4. The monoisotopic (exact) mass is 252 g/mol. The Hall–Kier alpha value is -1.30. The van der Waals surface area contributed by atoms with Gasteiger partial charge in [-0.1, -0.05) is 70.2 Å². The standard InChI is InChI=1S/C19H24/c1-6-14(4)19-11-13(3)17-15(7-2)9-8-10-16(12-19)18(17,19)5/h7-10,14H,2-3,6,11-12H2,1,4-5H3. The second kappa shape index (κ2) is 3.85. The van der Waals surface area contributed by atoms with Crippen molar-refractivity contribution >= 4 is 0 Å². The van der Waals surface area contributed by atoms with Gasteiger partial charge in [-0.2, -0.15) is 0 Å². The molecule has 3 unspecified atom stereocenters. The predicted octanol–water partition coefficient (Wildman–Crippen LogP) is 5.37. The van der Waals surface area contributed by atoms with Gasteiger partial charge in [0, 0.05) is 5.41 Å². The maximum absolute atomic E-state index is 4.40. The number of rotatable bonds is 3. The van der Waals surface area contributed by atoms with Gasteiger partial charge in [0.25, 0.3) is 0 Å². The van der Waals surface area contributed by atoms with Crippen LogP contribution in [0.15, 0.2) is 59.8 Å². The highest BCUT2D eigenvalue weighted by Gasteiger charge is 2.67. The molecule has 0 radical (unpaired) electrons. The van der Waals surface area contributed by atoms with Crippen LogP contribution in [0.25, 0.3) is 0 Å². The molecule has 2 fully saturated rings. The van der Waals surface area contributed by atoms with Crippen molar-refractivity contribution in [2.45, 2.75) is 40.0 Å². The van der Waals surface area contributed by atoms with Gasteiger partial charge >= 0.3 is 0 Å². The molecule has 0 aliphatic heterocycles. The molecule has 0 nitrogen and oxygen atoms in total. The van der Waals surface area contributed by atoms with Crippen LogP contribution in [0.3, 0.4) is 0 Å². The Balaban J connectivity index is 2.25. The molecule has 3 aliphatic carbocycles. The van der Waals surface area contributed by atoms with Gasteiger partial charge in [0.15, 0.2) is 0 Å². The first-order valence-corrected chi connectivity index (χ1v) is 7.44. The van der Waals surface area contributed by atoms with E-state index in [2.05, 4.69) is 52.2 Å². The molecule has 3 aliphatic rings. The van der Waals surface area contributed by atoms with E-state index in [1.165, 1.54) is 29.6 Å². The summed E-state index contributed by atoms with van der Waals surface area (Å²) in [6.07, 6.45) is 12.4. The molecular formula is C19H24. The van der Waals surface area contributed by atoms with Crippen LogP contribution in [0, 0.1) is 16.7 Å². The van der Waals surface area contributed by atoms with Crippen LogP contribution in [-0.4, -0.2) is 0 Å². The lowest BCUT2D eigenvalue weighted by Gasteiger charge is -2.59. The van der Waals surface area contributed by atoms with Gasteiger partial charge in [-0.3, -0.25) is 0 Å². The van der Waals surface area contributed by atoms with Crippen LogP contribution in [0.4, 0.5) is 0 Å². The summed E-state index contributed by atoms with van der Waals surface area (Å²) >= 11 is 0. The summed E-state index contributed by atoms with van der Waals surface area (Å²) in [5.74, 6) is 0.744. The smallest absolute Gasteiger partial charge is 0.0210 e. The summed E-state index contributed by atoms with van der Waals surface area (Å²) in [4.78, 5) is 0. The lowest BCUT2D eigenvalue weighted by atomic mass is 9.43. The SMILES string of the molecule is C=CC1=C2C(=C)CC3(C(C)CC)CC(=CC=C1)C23C. The van der Waals surface area contributed by atoms with Gasteiger partial charge < -0.3 is 0 Å². The minimum atomic E-state index is 0.201. The lowest BCUT2D eigenvalue weighted by Crippen LogP contribution is -2.52. The third-order valence-corrected chi connectivity index (χ3v) is 6.16. The van der Waals surface area contributed by atoms with Crippen LogP contribution in [0.5, 0.6) is 0 Å². The van der Waals surface area contributed by atoms with Crippen molar-refractivity contribution < 1.29 is 0 Å². The zero-order chi connectivity index (χ0) is 13.8. The van der Waals surface area contributed by atoms with E-state index < -0.39 is 0 Å². The molecule has 0 heteroatoms. The summed E-state index contributed by atoms with van der Waals surface area (Å²) in [5, 5.41) is 0. The van der Waals surface area contributed by atoms with E-state index in [4.69, 9.17) is 0 Å². The topological polar surface area (TPSA) is 0 Å². The molecule has 0 aromatic carbocycles. The fraction of sp³-hybridized carbons (Fsp3) is 0.474. The first kappa shape index (κ1) is 12.7. The Morgan fingerprint density at radius 2 is 2.16 bits per heavy atom. The van der Waals surface area contributed by atoms with Crippen molar-refractivity contribution in [3.63, 3.8) is 0 Å². The van der Waals surface area contributed by atoms with Crippen molar-refractivity contribution in [1.82, 2.24) is 0 Å². The maximum Gasteiger partial charge on any atom is 0.0210 e. The molecule has 0 bridgehead atoms. The molecule has 0 aromatic rings. The number of hydrogen-bond acceptors (Lipinski definition) is 0. The van der Waals surface area contributed by atoms with Crippen molar-refractivity contribution in [1.29, 1.82) is 0 Å². The molecule has 3 rings (SSSR count). The van der Waals surface area contributed by atoms with Crippen molar-refractivity contribution in [3.05, 3.63) is 59.8 Å². The van der Waals surface area contributed by atoms with E-state index in [-0.39, 0.29) is 5.41 Å². The Kier molecular flexibility index (Phi) is 2.58. The fourth-order valence-corrected chi connectivity index (χ4v) is 4.85. The minimum Gasteiger partial charge on any atom is -0.0985 e. The van der Waals surface area contributed by atoms with Crippen molar-refractivity contribution in [3.8, 4) is 0 Å². The fourth-order valence-electron chi connectivity index (χ4n) is 4.85. The Morgan fingerprint density at radius 3 is 2.79 bits per heavy atom. The molecule has 0 saturated heterocycles. The van der Waals surface area contributed by atoms with Crippen LogP contribution in [0.2, 0.25) is 0 Å². The summed E-state index contributed by atoms with van der Waals surface area (Å²) in [6.45, 7) is 15.6. The molecule has 0 aromatic heterocycles. The highest BCUT2D eigenvalue weighted by Crippen LogP contribution is 2.76. The molecule has 0 heterocycles. The molecule has 3 atom stereocenters. The highest BCUT2D eigenvalue weighted by atomic mass is 14.7. The molecule has 0 amide bonds. The molecule has 2 saturated carbocycles. The summed E-state index contributed by atoms with van der Waals surface area (Å²) in [5.41, 5.74) is 6.28. The number of allylic oxidation sites excluding steroid dienone is 8.